The molecule has 0 spiro atoms. The first-order valence-electron chi connectivity index (χ1n) is 5.37. The average Bonchev–Trinajstić information content (AvgIpc) is 2.29. The first kappa shape index (κ1) is 13.1. The molecule has 0 saturated heterocycles. The fourth-order valence-corrected chi connectivity index (χ4v) is 2.26. The molecule has 0 bridgehead atoms. The fourth-order valence-electron chi connectivity index (χ4n) is 1.45. The van der Waals surface area contributed by atoms with Crippen LogP contribution < -0.4 is 5.73 Å². The molecule has 0 unspecified atom stereocenters. The molecule has 0 aliphatic heterocycles. The highest BCUT2D eigenvalue weighted by molar-refractivity contribution is 8.13. The standard InChI is InChI=1S/C12H18N2OS/c1-2-15-9-8-11(16-12(13)14)10-6-4-3-5-7-10/h3-7,11H,2,8-9H2,1H3,(H3,13,14)/t11-/m0/s1. The molecule has 1 rings (SSSR count). The maximum absolute atomic E-state index is 7.35. The summed E-state index contributed by atoms with van der Waals surface area (Å²) in [6.45, 7) is 3.41. The third-order valence-corrected chi connectivity index (χ3v) is 3.22. The van der Waals surface area contributed by atoms with Crippen LogP contribution in [0.5, 0.6) is 0 Å². The summed E-state index contributed by atoms with van der Waals surface area (Å²) in [5.74, 6) is 0. The highest BCUT2D eigenvalue weighted by Gasteiger charge is 2.13. The summed E-state index contributed by atoms with van der Waals surface area (Å²) in [6.07, 6.45) is 0.877. The van der Waals surface area contributed by atoms with Crippen molar-refractivity contribution in [3.05, 3.63) is 35.9 Å². The summed E-state index contributed by atoms with van der Waals surface area (Å²) in [5, 5.41) is 7.73. The lowest BCUT2D eigenvalue weighted by Gasteiger charge is -2.15. The molecule has 1 aromatic rings. The van der Waals surface area contributed by atoms with Crippen LogP contribution in [0.25, 0.3) is 0 Å². The van der Waals surface area contributed by atoms with Gasteiger partial charge in [-0.25, -0.2) is 0 Å². The van der Waals surface area contributed by atoms with Crippen LogP contribution in [0.2, 0.25) is 0 Å². The summed E-state index contributed by atoms with van der Waals surface area (Å²) in [6, 6.07) is 10.1. The molecule has 1 aromatic carbocycles. The molecular weight excluding hydrogens is 220 g/mol. The Hall–Kier alpha value is -1.00. The van der Waals surface area contributed by atoms with Gasteiger partial charge in [0, 0.05) is 18.5 Å². The van der Waals surface area contributed by atoms with E-state index in [1.54, 1.807) is 0 Å². The number of amidine groups is 1. The summed E-state index contributed by atoms with van der Waals surface area (Å²) < 4.78 is 5.34. The van der Waals surface area contributed by atoms with Gasteiger partial charge in [-0.2, -0.15) is 0 Å². The first-order chi connectivity index (χ1) is 7.74. The molecule has 0 aromatic heterocycles. The largest absolute Gasteiger partial charge is 0.382 e. The molecule has 0 fully saturated rings. The monoisotopic (exact) mass is 238 g/mol. The van der Waals surface area contributed by atoms with Gasteiger partial charge in [0.25, 0.3) is 0 Å². The van der Waals surface area contributed by atoms with Crippen molar-refractivity contribution in [2.45, 2.75) is 18.6 Å². The second-order valence-electron chi connectivity index (χ2n) is 3.37. The van der Waals surface area contributed by atoms with Crippen LogP contribution in [-0.4, -0.2) is 18.4 Å². The number of nitrogens with two attached hydrogens (primary N) is 1. The van der Waals surface area contributed by atoms with Gasteiger partial charge in [-0.05, 0) is 18.9 Å². The SMILES string of the molecule is CCOCC[C@H](SC(=N)N)c1ccccc1. The Morgan fingerprint density at radius 2 is 2.12 bits per heavy atom. The van der Waals surface area contributed by atoms with Crippen molar-refractivity contribution in [2.24, 2.45) is 5.73 Å². The third-order valence-electron chi connectivity index (χ3n) is 2.17. The molecule has 88 valence electrons. The van der Waals surface area contributed by atoms with Crippen LogP contribution in [0.1, 0.15) is 24.2 Å². The van der Waals surface area contributed by atoms with Crippen LogP contribution in [0.15, 0.2) is 30.3 Å². The highest BCUT2D eigenvalue weighted by Crippen LogP contribution is 2.31. The lowest BCUT2D eigenvalue weighted by molar-refractivity contribution is 0.144. The van der Waals surface area contributed by atoms with Crippen molar-refractivity contribution in [1.82, 2.24) is 0 Å². The minimum Gasteiger partial charge on any atom is -0.382 e. The molecule has 0 heterocycles. The molecule has 0 amide bonds. The van der Waals surface area contributed by atoms with Crippen molar-refractivity contribution in [3.8, 4) is 0 Å². The number of nitrogens with one attached hydrogen (secondary N) is 1. The second kappa shape index (κ2) is 7.30. The number of hydrogen-bond acceptors (Lipinski definition) is 3. The Labute approximate surface area is 101 Å². The number of ether oxygens (including phenoxy) is 1. The Balaban J connectivity index is 2.60. The van der Waals surface area contributed by atoms with Crippen LogP contribution in [-0.2, 0) is 4.74 Å². The summed E-state index contributed by atoms with van der Waals surface area (Å²) >= 11 is 1.38. The molecule has 1 atom stereocenters. The van der Waals surface area contributed by atoms with E-state index >= 15 is 0 Å². The normalized spacial score (nSPS) is 12.3. The van der Waals surface area contributed by atoms with Gasteiger partial charge in [-0.3, -0.25) is 5.41 Å². The Bertz CT molecular complexity index is 316. The van der Waals surface area contributed by atoms with E-state index in [0.717, 1.165) is 13.0 Å². The van der Waals surface area contributed by atoms with Gasteiger partial charge in [-0.15, -0.1) is 0 Å². The van der Waals surface area contributed by atoms with Crippen molar-refractivity contribution < 1.29 is 4.74 Å². The van der Waals surface area contributed by atoms with Crippen molar-refractivity contribution in [2.75, 3.05) is 13.2 Å². The zero-order chi connectivity index (χ0) is 11.8. The summed E-state index contributed by atoms with van der Waals surface area (Å²) in [5.41, 5.74) is 6.64. The zero-order valence-electron chi connectivity index (χ0n) is 9.48. The van der Waals surface area contributed by atoms with Gasteiger partial charge >= 0.3 is 0 Å². The Kier molecular flexibility index (Phi) is 5.96. The predicted octanol–water partition coefficient (Wildman–Crippen LogP) is 2.78. The smallest absolute Gasteiger partial charge is 0.151 e. The molecular formula is C12H18N2OS. The van der Waals surface area contributed by atoms with Crippen LogP contribution >= 0.6 is 11.8 Å². The zero-order valence-corrected chi connectivity index (χ0v) is 10.3. The molecule has 0 saturated carbocycles. The summed E-state index contributed by atoms with van der Waals surface area (Å²) in [4.78, 5) is 0. The van der Waals surface area contributed by atoms with E-state index in [4.69, 9.17) is 15.9 Å². The van der Waals surface area contributed by atoms with Gasteiger partial charge in [0.05, 0.1) is 0 Å². The van der Waals surface area contributed by atoms with E-state index in [1.165, 1.54) is 17.3 Å². The number of thioether (sulfide) groups is 1. The van der Waals surface area contributed by atoms with Gasteiger partial charge in [0.2, 0.25) is 0 Å². The predicted molar refractivity (Wildman–Crippen MR) is 69.8 cm³/mol. The quantitative estimate of drug-likeness (QED) is 0.455. The van der Waals surface area contributed by atoms with Gasteiger partial charge in [-0.1, -0.05) is 42.1 Å². The van der Waals surface area contributed by atoms with E-state index in [9.17, 15) is 0 Å². The van der Waals surface area contributed by atoms with E-state index < -0.39 is 0 Å². The minimum absolute atomic E-state index is 0.158. The average molecular weight is 238 g/mol. The molecule has 0 aliphatic carbocycles. The molecule has 0 radical (unpaired) electrons. The molecule has 0 aliphatic rings. The maximum atomic E-state index is 7.35. The number of benzene rings is 1. The van der Waals surface area contributed by atoms with Gasteiger partial charge in [0.15, 0.2) is 5.17 Å². The van der Waals surface area contributed by atoms with E-state index in [-0.39, 0.29) is 10.4 Å². The first-order valence-corrected chi connectivity index (χ1v) is 6.25. The second-order valence-corrected chi connectivity index (χ2v) is 4.61. The van der Waals surface area contributed by atoms with Gasteiger partial charge < -0.3 is 10.5 Å². The molecule has 3 nitrogen and oxygen atoms in total. The lowest BCUT2D eigenvalue weighted by Crippen LogP contribution is -2.09. The molecule has 16 heavy (non-hydrogen) atoms. The van der Waals surface area contributed by atoms with E-state index in [2.05, 4.69) is 12.1 Å². The molecule has 3 N–H and O–H groups in total. The third kappa shape index (κ3) is 4.68. The molecule has 4 heteroatoms. The lowest BCUT2D eigenvalue weighted by atomic mass is 10.1. The van der Waals surface area contributed by atoms with Gasteiger partial charge in [0.1, 0.15) is 0 Å². The van der Waals surface area contributed by atoms with Crippen molar-refractivity contribution in [3.63, 3.8) is 0 Å². The Morgan fingerprint density at radius 3 is 2.69 bits per heavy atom. The Morgan fingerprint density at radius 1 is 1.44 bits per heavy atom. The van der Waals surface area contributed by atoms with Crippen molar-refractivity contribution >= 4 is 16.9 Å². The van der Waals surface area contributed by atoms with Crippen LogP contribution in [0, 0.1) is 5.41 Å². The maximum Gasteiger partial charge on any atom is 0.151 e. The minimum atomic E-state index is 0.158. The van der Waals surface area contributed by atoms with E-state index in [0.29, 0.717) is 6.61 Å². The number of hydrogen-bond donors (Lipinski definition) is 2. The number of rotatable bonds is 6. The highest BCUT2D eigenvalue weighted by atomic mass is 32.2. The topological polar surface area (TPSA) is 59.1 Å². The van der Waals surface area contributed by atoms with Crippen LogP contribution in [0.4, 0.5) is 0 Å². The fraction of sp³-hybridized carbons (Fsp3) is 0.417. The van der Waals surface area contributed by atoms with Crippen LogP contribution in [0.3, 0.4) is 0 Å². The van der Waals surface area contributed by atoms with E-state index in [1.807, 2.05) is 25.1 Å². The van der Waals surface area contributed by atoms with Crippen molar-refractivity contribution in [1.29, 1.82) is 5.41 Å². The summed E-state index contributed by atoms with van der Waals surface area (Å²) in [7, 11) is 0.